The zero-order chi connectivity index (χ0) is 11.4. The molecule has 7 heteroatoms. The highest BCUT2D eigenvalue weighted by atomic mass is 16.7. The Hall–Kier alpha value is -0.175. The molecule has 0 radical (unpaired) electrons. The fraction of sp³-hybridized carbons (Fsp3) is 1.00. The average molecular weight is 222 g/mol. The monoisotopic (exact) mass is 222 g/mol. The molecule has 0 heterocycles. The van der Waals surface area contributed by atoms with Crippen LogP contribution >= 0.6 is 0 Å². The Morgan fingerprint density at radius 1 is 0.800 bits per heavy atom. The van der Waals surface area contributed by atoms with E-state index in [9.17, 15) is 0 Å². The minimum absolute atomic E-state index is 0.0717. The molecule has 0 unspecified atom stereocenters. The van der Waals surface area contributed by atoms with Crippen LogP contribution in [0.2, 0.25) is 0 Å². The summed E-state index contributed by atoms with van der Waals surface area (Å²) >= 11 is 0. The quantitative estimate of drug-likeness (QED) is 0.368. The van der Waals surface area contributed by atoms with Crippen molar-refractivity contribution in [1.82, 2.24) is 0 Å². The van der Waals surface area contributed by atoms with Crippen LogP contribution in [0.1, 0.15) is 0 Å². The maximum absolute atomic E-state index is 8.57. The molecule has 0 aromatic carbocycles. The maximum atomic E-state index is 8.57. The van der Waals surface area contributed by atoms with E-state index < -0.39 is 7.32 Å². The molecule has 0 atom stereocenters. The van der Waals surface area contributed by atoms with E-state index in [-0.39, 0.29) is 13.2 Å². The van der Waals surface area contributed by atoms with Crippen molar-refractivity contribution in [3.63, 3.8) is 0 Å². The maximum Gasteiger partial charge on any atom is 0.639 e. The van der Waals surface area contributed by atoms with Gasteiger partial charge < -0.3 is 28.5 Å². The van der Waals surface area contributed by atoms with Gasteiger partial charge in [-0.2, -0.15) is 0 Å². The van der Waals surface area contributed by atoms with Gasteiger partial charge in [-0.3, -0.25) is 0 Å². The second-order valence-electron chi connectivity index (χ2n) is 2.61. The van der Waals surface area contributed by atoms with Crippen molar-refractivity contribution in [1.29, 1.82) is 0 Å². The molecule has 1 N–H and O–H groups in total. The van der Waals surface area contributed by atoms with Gasteiger partial charge >= 0.3 is 7.32 Å². The molecular weight excluding hydrogens is 203 g/mol. The first-order chi connectivity index (χ1) is 7.35. The van der Waals surface area contributed by atoms with Crippen LogP contribution in [-0.2, 0) is 23.4 Å². The van der Waals surface area contributed by atoms with Crippen LogP contribution in [0.3, 0.4) is 0 Å². The number of hydrogen-bond donors (Lipinski definition) is 1. The van der Waals surface area contributed by atoms with Gasteiger partial charge in [0.25, 0.3) is 0 Å². The summed E-state index contributed by atoms with van der Waals surface area (Å²) in [6.07, 6.45) is 0. The lowest BCUT2D eigenvalue weighted by Crippen LogP contribution is -2.31. The number of aliphatic hydroxyl groups is 1. The molecule has 0 spiro atoms. The summed E-state index contributed by atoms with van der Waals surface area (Å²) in [5, 5.41) is 8.57. The zero-order valence-corrected chi connectivity index (χ0v) is 9.31. The third kappa shape index (κ3) is 10.1. The molecule has 0 bridgehead atoms. The van der Waals surface area contributed by atoms with E-state index in [1.165, 1.54) is 0 Å². The highest BCUT2D eigenvalue weighted by Crippen LogP contribution is 1.93. The van der Waals surface area contributed by atoms with Gasteiger partial charge in [-0.15, -0.1) is 0 Å². The van der Waals surface area contributed by atoms with E-state index in [4.69, 9.17) is 28.5 Å². The summed E-state index contributed by atoms with van der Waals surface area (Å²) in [5.41, 5.74) is 0. The van der Waals surface area contributed by atoms with Crippen molar-refractivity contribution in [2.24, 2.45) is 0 Å². The third-order valence-electron chi connectivity index (χ3n) is 1.43. The van der Waals surface area contributed by atoms with Gasteiger partial charge in [0.05, 0.1) is 39.6 Å². The lowest BCUT2D eigenvalue weighted by molar-refractivity contribution is 0.0429. The molecular formula is C8H19BO6. The lowest BCUT2D eigenvalue weighted by atomic mass is 10.2. The van der Waals surface area contributed by atoms with Gasteiger partial charge in [-0.05, 0) is 0 Å². The van der Waals surface area contributed by atoms with Crippen LogP contribution in [0.4, 0.5) is 0 Å². The fourth-order valence-electron chi connectivity index (χ4n) is 0.749. The Morgan fingerprint density at radius 2 is 1.27 bits per heavy atom. The Kier molecular flexibility index (Phi) is 11.8. The van der Waals surface area contributed by atoms with Gasteiger partial charge in [0.2, 0.25) is 0 Å². The number of hydrogen-bond acceptors (Lipinski definition) is 6. The third-order valence-corrected chi connectivity index (χ3v) is 1.43. The van der Waals surface area contributed by atoms with Crippen molar-refractivity contribution in [3.05, 3.63) is 0 Å². The second-order valence-corrected chi connectivity index (χ2v) is 2.61. The Labute approximate surface area is 90.6 Å². The number of ether oxygens (including phenoxy) is 2. The normalized spacial score (nSPS) is 10.6. The summed E-state index contributed by atoms with van der Waals surface area (Å²) in [7, 11) is 2.39. The van der Waals surface area contributed by atoms with E-state index in [1.54, 1.807) is 14.2 Å². The molecule has 90 valence electrons. The molecule has 0 aromatic rings. The first-order valence-electron chi connectivity index (χ1n) is 4.78. The molecule has 0 aliphatic heterocycles. The predicted octanol–water partition coefficient (Wildman–Crippen LogP) is -0.694. The van der Waals surface area contributed by atoms with Crippen molar-refractivity contribution in [2.75, 3.05) is 53.9 Å². The first kappa shape index (κ1) is 14.8. The molecule has 15 heavy (non-hydrogen) atoms. The van der Waals surface area contributed by atoms with Gasteiger partial charge in [-0.1, -0.05) is 0 Å². The van der Waals surface area contributed by atoms with Crippen LogP contribution in [0.5, 0.6) is 0 Å². The first-order valence-corrected chi connectivity index (χ1v) is 4.78. The minimum atomic E-state index is -0.776. The van der Waals surface area contributed by atoms with Crippen LogP contribution in [0, 0.1) is 0 Å². The molecule has 6 nitrogen and oxygen atoms in total. The SMILES string of the molecule is COCCOB(OCCO)OCCOC. The largest absolute Gasteiger partial charge is 0.639 e. The van der Waals surface area contributed by atoms with E-state index >= 15 is 0 Å². The summed E-state index contributed by atoms with van der Waals surface area (Å²) in [4.78, 5) is 0. The van der Waals surface area contributed by atoms with E-state index in [1.807, 2.05) is 0 Å². The summed E-state index contributed by atoms with van der Waals surface area (Å²) in [5.74, 6) is 0. The molecule has 0 saturated heterocycles. The standard InChI is InChI=1S/C8H19BO6/c1-11-5-7-14-9(13-4-3-10)15-8-6-12-2/h10H,3-8H2,1-2H3. The van der Waals surface area contributed by atoms with Crippen LogP contribution < -0.4 is 0 Å². The van der Waals surface area contributed by atoms with Crippen molar-refractivity contribution in [3.8, 4) is 0 Å². The van der Waals surface area contributed by atoms with Crippen LogP contribution in [0.15, 0.2) is 0 Å². The number of aliphatic hydroxyl groups excluding tert-OH is 1. The molecule has 0 fully saturated rings. The number of rotatable bonds is 11. The summed E-state index contributed by atoms with van der Waals surface area (Å²) < 4.78 is 25.1. The second kappa shape index (κ2) is 11.9. The summed E-state index contributed by atoms with van der Waals surface area (Å²) in [6.45, 7) is 1.78. The smallest absolute Gasteiger partial charge is 0.394 e. The lowest BCUT2D eigenvalue weighted by Gasteiger charge is -2.13. The van der Waals surface area contributed by atoms with Gasteiger partial charge in [0.15, 0.2) is 0 Å². The molecule has 0 aliphatic carbocycles. The van der Waals surface area contributed by atoms with Crippen LogP contribution in [0.25, 0.3) is 0 Å². The Balaban J connectivity index is 3.53. The summed E-state index contributed by atoms with van der Waals surface area (Å²) in [6, 6.07) is 0. The van der Waals surface area contributed by atoms with Gasteiger partial charge in [0.1, 0.15) is 0 Å². The van der Waals surface area contributed by atoms with Crippen molar-refractivity contribution < 1.29 is 28.5 Å². The van der Waals surface area contributed by atoms with Crippen LogP contribution in [-0.4, -0.2) is 66.3 Å². The van der Waals surface area contributed by atoms with E-state index in [2.05, 4.69) is 0 Å². The molecule has 0 aliphatic rings. The highest BCUT2D eigenvalue weighted by molar-refractivity contribution is 6.36. The number of methoxy groups -OCH3 is 2. The fourth-order valence-corrected chi connectivity index (χ4v) is 0.749. The molecule has 0 saturated carbocycles. The topological polar surface area (TPSA) is 66.4 Å². The predicted molar refractivity (Wildman–Crippen MR) is 54.4 cm³/mol. The molecule has 0 amide bonds. The minimum Gasteiger partial charge on any atom is -0.394 e. The van der Waals surface area contributed by atoms with E-state index in [0.717, 1.165) is 0 Å². The molecule has 0 rings (SSSR count). The van der Waals surface area contributed by atoms with Gasteiger partial charge in [-0.25, -0.2) is 0 Å². The zero-order valence-electron chi connectivity index (χ0n) is 9.31. The Morgan fingerprint density at radius 3 is 1.67 bits per heavy atom. The van der Waals surface area contributed by atoms with Gasteiger partial charge in [0, 0.05) is 14.2 Å². The van der Waals surface area contributed by atoms with E-state index in [0.29, 0.717) is 26.4 Å². The average Bonchev–Trinajstić information content (AvgIpc) is 2.25. The Bertz CT molecular complexity index is 116. The van der Waals surface area contributed by atoms with Crippen molar-refractivity contribution >= 4 is 7.32 Å². The van der Waals surface area contributed by atoms with Crippen molar-refractivity contribution in [2.45, 2.75) is 0 Å². The highest BCUT2D eigenvalue weighted by Gasteiger charge is 2.20. The molecule has 0 aromatic heterocycles.